The van der Waals surface area contributed by atoms with Gasteiger partial charge in [0, 0.05) is 20.1 Å². The van der Waals surface area contributed by atoms with E-state index >= 15 is 0 Å². The lowest BCUT2D eigenvalue weighted by Gasteiger charge is -2.31. The molecule has 0 bridgehead atoms. The zero-order valence-corrected chi connectivity index (χ0v) is 15.0. The quantitative estimate of drug-likeness (QED) is 0.879. The summed E-state index contributed by atoms with van der Waals surface area (Å²) in [4.78, 5) is 12.7. The van der Waals surface area contributed by atoms with Crippen LogP contribution in [0.2, 0.25) is 0 Å². The van der Waals surface area contributed by atoms with Crippen molar-refractivity contribution in [3.63, 3.8) is 0 Å². The molecule has 1 atom stereocenters. The van der Waals surface area contributed by atoms with Crippen LogP contribution >= 0.6 is 0 Å². The fraction of sp³-hybridized carbons (Fsp3) is 0.438. The van der Waals surface area contributed by atoms with E-state index in [1.54, 1.807) is 35.9 Å². The van der Waals surface area contributed by atoms with E-state index in [1.165, 1.54) is 10.6 Å². The molecule has 0 spiro atoms. The summed E-state index contributed by atoms with van der Waals surface area (Å²) in [7, 11) is -1.87. The second-order valence-electron chi connectivity index (χ2n) is 6.27. The first-order chi connectivity index (χ1) is 11.9. The number of amides is 1. The number of aryl methyl sites for hydroxylation is 2. The van der Waals surface area contributed by atoms with Gasteiger partial charge in [-0.1, -0.05) is 17.7 Å². The van der Waals surface area contributed by atoms with E-state index in [2.05, 4.69) is 15.5 Å². The van der Waals surface area contributed by atoms with Crippen molar-refractivity contribution in [2.24, 2.45) is 13.0 Å². The molecule has 1 aliphatic heterocycles. The summed E-state index contributed by atoms with van der Waals surface area (Å²) < 4.78 is 28.6. The summed E-state index contributed by atoms with van der Waals surface area (Å²) in [6.07, 6.45) is 2.77. The van der Waals surface area contributed by atoms with Crippen LogP contribution in [0, 0.1) is 12.8 Å². The maximum atomic E-state index is 12.8. The van der Waals surface area contributed by atoms with Gasteiger partial charge in [-0.15, -0.1) is 10.2 Å². The number of carbonyl (C=O) groups excluding carboxylic acids is 1. The van der Waals surface area contributed by atoms with Gasteiger partial charge in [0.2, 0.25) is 21.9 Å². The summed E-state index contributed by atoms with van der Waals surface area (Å²) >= 11 is 0. The van der Waals surface area contributed by atoms with Crippen molar-refractivity contribution >= 4 is 21.9 Å². The lowest BCUT2D eigenvalue weighted by atomic mass is 9.99. The van der Waals surface area contributed by atoms with Crippen LogP contribution < -0.4 is 5.32 Å². The van der Waals surface area contributed by atoms with Crippen LogP contribution in [0.15, 0.2) is 35.5 Å². The summed E-state index contributed by atoms with van der Waals surface area (Å²) in [5, 5.41) is 10.2. The molecule has 134 valence electrons. The zero-order chi connectivity index (χ0) is 18.0. The van der Waals surface area contributed by atoms with E-state index in [0.717, 1.165) is 5.56 Å². The molecule has 1 fully saturated rings. The number of anilines is 1. The van der Waals surface area contributed by atoms with Gasteiger partial charge in [0.1, 0.15) is 6.33 Å². The van der Waals surface area contributed by atoms with Crippen molar-refractivity contribution in [1.29, 1.82) is 0 Å². The number of piperidine rings is 1. The van der Waals surface area contributed by atoms with Gasteiger partial charge >= 0.3 is 0 Å². The fourth-order valence-corrected chi connectivity index (χ4v) is 4.37. The number of hydrogen-bond acceptors (Lipinski definition) is 5. The minimum Gasteiger partial charge on any atom is -0.303 e. The Bertz CT molecular complexity index is 860. The van der Waals surface area contributed by atoms with Gasteiger partial charge in [-0.05, 0) is 31.9 Å². The molecular formula is C16H21N5O3S. The van der Waals surface area contributed by atoms with Crippen molar-refractivity contribution in [2.45, 2.75) is 24.7 Å². The highest BCUT2D eigenvalue weighted by molar-refractivity contribution is 7.89. The predicted molar refractivity (Wildman–Crippen MR) is 92.3 cm³/mol. The van der Waals surface area contributed by atoms with Crippen LogP contribution in [0.4, 0.5) is 5.95 Å². The second-order valence-corrected chi connectivity index (χ2v) is 8.21. The molecule has 9 heteroatoms. The standard InChI is InChI=1S/C16H21N5O3S/c1-12-5-7-14(8-6-12)25(23,24)21-9-3-4-13(10-21)15(22)18-16-19-17-11-20(16)2/h5-8,11,13H,3-4,9-10H2,1-2H3,(H,18,19,22). The molecule has 0 radical (unpaired) electrons. The van der Waals surface area contributed by atoms with Gasteiger partial charge in [-0.3, -0.25) is 10.1 Å². The summed E-state index contributed by atoms with van der Waals surface area (Å²) in [6, 6.07) is 6.76. The highest BCUT2D eigenvalue weighted by atomic mass is 32.2. The van der Waals surface area contributed by atoms with E-state index in [9.17, 15) is 13.2 Å². The molecule has 1 amide bonds. The predicted octanol–water partition coefficient (Wildman–Crippen LogP) is 1.16. The van der Waals surface area contributed by atoms with Gasteiger partial charge in [-0.2, -0.15) is 4.31 Å². The SMILES string of the molecule is Cc1ccc(S(=O)(=O)N2CCCC(C(=O)Nc3nncn3C)C2)cc1. The normalized spacial score (nSPS) is 18.9. The average Bonchev–Trinajstić information content (AvgIpc) is 3.00. The maximum absolute atomic E-state index is 12.8. The molecule has 2 aromatic rings. The third kappa shape index (κ3) is 3.72. The molecule has 8 nitrogen and oxygen atoms in total. The van der Waals surface area contributed by atoms with Crippen molar-refractivity contribution in [3.05, 3.63) is 36.2 Å². The van der Waals surface area contributed by atoms with Gasteiger partial charge in [-0.25, -0.2) is 8.42 Å². The Labute approximate surface area is 146 Å². The molecule has 0 aliphatic carbocycles. The van der Waals surface area contributed by atoms with Crippen LogP contribution in [0.5, 0.6) is 0 Å². The number of hydrogen-bond donors (Lipinski definition) is 1. The van der Waals surface area contributed by atoms with E-state index in [4.69, 9.17) is 0 Å². The highest BCUT2D eigenvalue weighted by Crippen LogP contribution is 2.24. The van der Waals surface area contributed by atoms with Crippen molar-refractivity contribution < 1.29 is 13.2 Å². The molecule has 0 saturated carbocycles. The zero-order valence-electron chi connectivity index (χ0n) is 14.2. The Kier molecular flexibility index (Phi) is 4.87. The molecular weight excluding hydrogens is 342 g/mol. The summed E-state index contributed by atoms with van der Waals surface area (Å²) in [5.74, 6) is -0.297. The van der Waals surface area contributed by atoms with Gasteiger partial charge < -0.3 is 4.57 Å². The number of benzene rings is 1. The second kappa shape index (κ2) is 6.93. The Morgan fingerprint density at radius 1 is 1.28 bits per heavy atom. The number of nitrogens with zero attached hydrogens (tertiary/aromatic N) is 4. The molecule has 25 heavy (non-hydrogen) atoms. The molecule has 2 heterocycles. The molecule has 1 aliphatic rings. The van der Waals surface area contributed by atoms with Crippen LogP contribution in [0.1, 0.15) is 18.4 Å². The number of aromatic nitrogens is 3. The fourth-order valence-electron chi connectivity index (χ4n) is 2.84. The van der Waals surface area contributed by atoms with E-state index < -0.39 is 15.9 Å². The minimum atomic E-state index is -3.60. The topological polar surface area (TPSA) is 97.2 Å². The van der Waals surface area contributed by atoms with Gasteiger partial charge in [0.05, 0.1) is 10.8 Å². The first-order valence-electron chi connectivity index (χ1n) is 8.09. The Morgan fingerprint density at radius 2 is 2.00 bits per heavy atom. The average molecular weight is 363 g/mol. The summed E-state index contributed by atoms with van der Waals surface area (Å²) in [5.41, 5.74) is 0.999. The molecule has 1 aromatic heterocycles. The van der Waals surface area contributed by atoms with Gasteiger partial charge in [0.25, 0.3) is 0 Å². The third-order valence-electron chi connectivity index (χ3n) is 4.36. The van der Waals surface area contributed by atoms with E-state index in [1.807, 2.05) is 6.92 Å². The molecule has 3 rings (SSSR count). The Morgan fingerprint density at radius 3 is 2.64 bits per heavy atom. The number of sulfonamides is 1. The molecule has 1 N–H and O–H groups in total. The first-order valence-corrected chi connectivity index (χ1v) is 9.53. The molecule has 1 aromatic carbocycles. The molecule has 1 saturated heterocycles. The monoisotopic (exact) mass is 363 g/mol. The third-order valence-corrected chi connectivity index (χ3v) is 6.24. The number of carbonyl (C=O) groups is 1. The van der Waals surface area contributed by atoms with Crippen LogP contribution in [-0.2, 0) is 21.9 Å². The van der Waals surface area contributed by atoms with Crippen molar-refractivity contribution in [3.8, 4) is 0 Å². The number of rotatable bonds is 4. The van der Waals surface area contributed by atoms with Crippen LogP contribution in [-0.4, -0.2) is 46.5 Å². The summed E-state index contributed by atoms with van der Waals surface area (Å²) in [6.45, 7) is 2.49. The Hall–Kier alpha value is -2.26. The first kappa shape index (κ1) is 17.6. The molecule has 1 unspecified atom stereocenters. The van der Waals surface area contributed by atoms with Crippen molar-refractivity contribution in [2.75, 3.05) is 18.4 Å². The maximum Gasteiger partial charge on any atom is 0.243 e. The largest absolute Gasteiger partial charge is 0.303 e. The lowest BCUT2D eigenvalue weighted by Crippen LogP contribution is -2.43. The van der Waals surface area contributed by atoms with Crippen LogP contribution in [0.3, 0.4) is 0 Å². The van der Waals surface area contributed by atoms with E-state index in [0.29, 0.717) is 25.3 Å². The lowest BCUT2D eigenvalue weighted by molar-refractivity contribution is -0.120. The Balaban J connectivity index is 1.73. The highest BCUT2D eigenvalue weighted by Gasteiger charge is 2.33. The van der Waals surface area contributed by atoms with E-state index in [-0.39, 0.29) is 17.3 Å². The van der Waals surface area contributed by atoms with Gasteiger partial charge in [0.15, 0.2) is 0 Å². The smallest absolute Gasteiger partial charge is 0.243 e. The minimum absolute atomic E-state index is 0.167. The van der Waals surface area contributed by atoms with Crippen molar-refractivity contribution in [1.82, 2.24) is 19.1 Å². The van der Waals surface area contributed by atoms with Crippen LogP contribution in [0.25, 0.3) is 0 Å². The number of nitrogens with one attached hydrogen (secondary N) is 1.